The first-order chi connectivity index (χ1) is 7.60. The van der Waals surface area contributed by atoms with Crippen molar-refractivity contribution in [2.75, 3.05) is 12.0 Å². The lowest BCUT2D eigenvalue weighted by Crippen LogP contribution is -2.48. The Hall–Kier alpha value is 0.110. The maximum Gasteiger partial charge on any atom is 0.0383 e. The summed E-state index contributed by atoms with van der Waals surface area (Å²) < 4.78 is 11.2. The van der Waals surface area contributed by atoms with Crippen molar-refractivity contribution in [1.82, 2.24) is 5.32 Å². The van der Waals surface area contributed by atoms with E-state index in [-0.39, 0.29) is 0 Å². The quantitative estimate of drug-likeness (QED) is 0.841. The van der Waals surface area contributed by atoms with Crippen LogP contribution in [0.5, 0.6) is 0 Å². The Balaban J connectivity index is 2.56. The van der Waals surface area contributed by atoms with E-state index in [0.29, 0.717) is 22.9 Å². The van der Waals surface area contributed by atoms with E-state index in [4.69, 9.17) is 0 Å². The van der Waals surface area contributed by atoms with Crippen LogP contribution in [0.1, 0.15) is 53.9 Å². The fourth-order valence-electron chi connectivity index (χ4n) is 3.77. The topological polar surface area (TPSA) is 29.1 Å². The summed E-state index contributed by atoms with van der Waals surface area (Å²) in [7, 11) is -0.701. The molecule has 0 aliphatic heterocycles. The summed E-state index contributed by atoms with van der Waals surface area (Å²) in [5, 5.41) is 3.67. The molecule has 0 aromatic carbocycles. The minimum absolute atomic E-state index is 0.357. The molecule has 102 valence electrons. The zero-order valence-corrected chi connectivity index (χ0v) is 13.1. The van der Waals surface area contributed by atoms with Gasteiger partial charge in [-0.05, 0) is 37.0 Å². The zero-order valence-electron chi connectivity index (χ0n) is 12.3. The molecule has 1 N–H and O–H groups in total. The predicted molar refractivity (Wildman–Crippen MR) is 76.7 cm³/mol. The number of hydrogen-bond acceptors (Lipinski definition) is 2. The molecule has 0 heterocycles. The van der Waals surface area contributed by atoms with Gasteiger partial charge < -0.3 is 5.32 Å². The van der Waals surface area contributed by atoms with Gasteiger partial charge in [0.2, 0.25) is 0 Å². The summed E-state index contributed by atoms with van der Waals surface area (Å²) in [6.07, 6.45) is 5.55. The van der Waals surface area contributed by atoms with E-state index in [1.165, 1.54) is 19.3 Å². The average molecular weight is 259 g/mol. The molecule has 1 aliphatic rings. The Morgan fingerprint density at radius 3 is 2.12 bits per heavy atom. The van der Waals surface area contributed by atoms with Crippen LogP contribution >= 0.6 is 0 Å². The number of nitrogens with one attached hydrogen (secondary N) is 1. The van der Waals surface area contributed by atoms with Crippen molar-refractivity contribution in [3.8, 4) is 0 Å². The third kappa shape index (κ3) is 5.52. The lowest BCUT2D eigenvalue weighted by Gasteiger charge is -2.46. The molecule has 1 fully saturated rings. The van der Waals surface area contributed by atoms with E-state index in [0.717, 1.165) is 5.75 Å². The van der Waals surface area contributed by atoms with Crippen LogP contribution in [0.3, 0.4) is 0 Å². The van der Waals surface area contributed by atoms with Gasteiger partial charge in [0, 0.05) is 34.9 Å². The van der Waals surface area contributed by atoms with Crippen LogP contribution in [-0.4, -0.2) is 28.3 Å². The molecule has 17 heavy (non-hydrogen) atoms. The van der Waals surface area contributed by atoms with Gasteiger partial charge in [-0.3, -0.25) is 4.21 Å². The number of rotatable bonds is 4. The summed E-state index contributed by atoms with van der Waals surface area (Å²) in [4.78, 5) is 0. The van der Waals surface area contributed by atoms with E-state index < -0.39 is 10.8 Å². The van der Waals surface area contributed by atoms with Gasteiger partial charge in [0.25, 0.3) is 0 Å². The zero-order chi connectivity index (χ0) is 13.3. The van der Waals surface area contributed by atoms with Crippen LogP contribution in [0, 0.1) is 10.8 Å². The Kier molecular flexibility index (Phi) is 4.81. The second-order valence-electron chi connectivity index (χ2n) is 7.42. The second kappa shape index (κ2) is 5.40. The van der Waals surface area contributed by atoms with Crippen LogP contribution in [0.25, 0.3) is 0 Å². The van der Waals surface area contributed by atoms with Crippen molar-refractivity contribution in [3.63, 3.8) is 0 Å². The van der Waals surface area contributed by atoms with Gasteiger partial charge in [0.15, 0.2) is 0 Å². The smallest absolute Gasteiger partial charge is 0.0383 e. The molecule has 0 aromatic rings. The third-order valence-electron chi connectivity index (χ3n) is 3.56. The maximum absolute atomic E-state index is 11.2. The number of hydrogen-bond donors (Lipinski definition) is 1. The Morgan fingerprint density at radius 2 is 1.71 bits per heavy atom. The summed E-state index contributed by atoms with van der Waals surface area (Å²) >= 11 is 0. The molecular weight excluding hydrogens is 230 g/mol. The highest BCUT2D eigenvalue weighted by Gasteiger charge is 2.38. The predicted octanol–water partition coefficient (Wildman–Crippen LogP) is 2.95. The van der Waals surface area contributed by atoms with Gasteiger partial charge in [0.05, 0.1) is 0 Å². The highest BCUT2D eigenvalue weighted by molar-refractivity contribution is 7.84. The third-order valence-corrected chi connectivity index (χ3v) is 4.53. The van der Waals surface area contributed by atoms with Crippen LogP contribution in [0.2, 0.25) is 0 Å². The molecule has 1 aliphatic carbocycles. The molecule has 1 rings (SSSR count). The van der Waals surface area contributed by atoms with Crippen LogP contribution in [0.4, 0.5) is 0 Å². The van der Waals surface area contributed by atoms with E-state index in [9.17, 15) is 4.21 Å². The molecule has 2 atom stereocenters. The maximum atomic E-state index is 11.2. The minimum Gasteiger partial charge on any atom is -0.311 e. The summed E-state index contributed by atoms with van der Waals surface area (Å²) in [6.45, 7) is 11.6. The van der Waals surface area contributed by atoms with Crippen molar-refractivity contribution in [2.24, 2.45) is 10.8 Å². The van der Waals surface area contributed by atoms with E-state index in [1.54, 1.807) is 6.26 Å². The molecule has 1 saturated carbocycles. The highest BCUT2D eigenvalue weighted by Crippen LogP contribution is 2.45. The first-order valence-electron chi connectivity index (χ1n) is 6.66. The Bertz CT molecular complexity index is 270. The van der Waals surface area contributed by atoms with Gasteiger partial charge in [-0.15, -0.1) is 0 Å². The molecule has 3 heteroatoms. The average Bonchev–Trinajstić information content (AvgIpc) is 1.93. The van der Waals surface area contributed by atoms with Gasteiger partial charge in [0.1, 0.15) is 0 Å². The molecule has 2 nitrogen and oxygen atoms in total. The SMILES string of the molecule is CC(CS(C)=O)NC1CC(C)(C)CC(C)(C)C1. The Morgan fingerprint density at radius 1 is 1.24 bits per heavy atom. The molecule has 0 aromatic heterocycles. The second-order valence-corrected chi connectivity index (χ2v) is 8.90. The van der Waals surface area contributed by atoms with Gasteiger partial charge >= 0.3 is 0 Å². The summed E-state index contributed by atoms with van der Waals surface area (Å²) in [6, 6.07) is 0.933. The normalized spacial score (nSPS) is 27.6. The standard InChI is InChI=1S/C14H29NOS/c1-11(9-17(6)16)15-12-7-13(2,3)10-14(4,5)8-12/h11-12,15H,7-10H2,1-6H3. The lowest BCUT2D eigenvalue weighted by atomic mass is 9.63. The van der Waals surface area contributed by atoms with E-state index >= 15 is 0 Å². The van der Waals surface area contributed by atoms with E-state index in [2.05, 4.69) is 39.9 Å². The van der Waals surface area contributed by atoms with Crippen LogP contribution < -0.4 is 5.32 Å². The first-order valence-corrected chi connectivity index (χ1v) is 8.38. The van der Waals surface area contributed by atoms with Crippen LogP contribution in [0.15, 0.2) is 0 Å². The van der Waals surface area contributed by atoms with E-state index in [1.807, 2.05) is 0 Å². The summed E-state index contributed by atoms with van der Waals surface area (Å²) in [5.74, 6) is 0.761. The molecule has 0 bridgehead atoms. The van der Waals surface area contributed by atoms with Gasteiger partial charge in [-0.1, -0.05) is 27.7 Å². The van der Waals surface area contributed by atoms with Crippen molar-refractivity contribution in [1.29, 1.82) is 0 Å². The summed E-state index contributed by atoms with van der Waals surface area (Å²) in [5.41, 5.74) is 0.842. The molecule has 0 radical (unpaired) electrons. The lowest BCUT2D eigenvalue weighted by molar-refractivity contribution is 0.0822. The largest absolute Gasteiger partial charge is 0.311 e. The Labute approximate surface area is 109 Å². The minimum atomic E-state index is -0.701. The van der Waals surface area contributed by atoms with Crippen molar-refractivity contribution < 1.29 is 4.21 Å². The van der Waals surface area contributed by atoms with Crippen LogP contribution in [-0.2, 0) is 10.8 Å². The monoisotopic (exact) mass is 259 g/mol. The molecule has 0 spiro atoms. The highest BCUT2D eigenvalue weighted by atomic mass is 32.2. The van der Waals surface area contributed by atoms with Crippen molar-refractivity contribution in [2.45, 2.75) is 66.0 Å². The first kappa shape index (κ1) is 15.2. The van der Waals surface area contributed by atoms with Gasteiger partial charge in [-0.2, -0.15) is 0 Å². The van der Waals surface area contributed by atoms with Gasteiger partial charge in [-0.25, -0.2) is 0 Å². The molecule has 0 saturated heterocycles. The van der Waals surface area contributed by atoms with Crippen molar-refractivity contribution >= 4 is 10.8 Å². The fourth-order valence-corrected chi connectivity index (χ4v) is 4.57. The molecule has 2 unspecified atom stereocenters. The molecular formula is C14H29NOS. The van der Waals surface area contributed by atoms with Crippen molar-refractivity contribution in [3.05, 3.63) is 0 Å². The fraction of sp³-hybridized carbons (Fsp3) is 1.00. The molecule has 0 amide bonds.